The summed E-state index contributed by atoms with van der Waals surface area (Å²) in [6.45, 7) is 1.77. The highest BCUT2D eigenvalue weighted by atomic mass is 16.6. The summed E-state index contributed by atoms with van der Waals surface area (Å²) in [6, 6.07) is 3.61. The zero-order valence-electron chi connectivity index (χ0n) is 14.1. The number of benzene rings is 1. The molecule has 0 spiro atoms. The van der Waals surface area contributed by atoms with Crippen LogP contribution in [0.1, 0.15) is 11.7 Å². The lowest BCUT2D eigenvalue weighted by Gasteiger charge is -2.21. The van der Waals surface area contributed by atoms with E-state index in [1.165, 1.54) is 11.0 Å². The second-order valence-electron chi connectivity index (χ2n) is 5.89. The molecule has 0 aliphatic carbocycles. The third kappa shape index (κ3) is 3.13. The number of hydrazine groups is 1. The van der Waals surface area contributed by atoms with Crippen LogP contribution in [0.4, 0.5) is 0 Å². The molecule has 138 valence electrons. The molecule has 11 nitrogen and oxygen atoms in total. The number of methoxy groups -OCH3 is 1. The molecule has 1 amide bonds. The number of carbonyl (C=O) groups excluding carboxylic acids is 1. The molecule has 1 aromatic heterocycles. The number of amides is 1. The Labute approximate surface area is 149 Å². The van der Waals surface area contributed by atoms with Gasteiger partial charge in [0.05, 0.1) is 13.0 Å². The van der Waals surface area contributed by atoms with Gasteiger partial charge in [-0.2, -0.15) is 0 Å². The number of carbonyl (C=O) groups is 1. The minimum atomic E-state index is -0.360. The highest BCUT2D eigenvalue weighted by Crippen LogP contribution is 2.36. The molecule has 11 heteroatoms. The van der Waals surface area contributed by atoms with E-state index in [-0.39, 0.29) is 18.0 Å². The van der Waals surface area contributed by atoms with Crippen LogP contribution in [-0.4, -0.2) is 53.0 Å². The van der Waals surface area contributed by atoms with Crippen molar-refractivity contribution in [1.82, 2.24) is 36.4 Å². The molecule has 2 aliphatic heterocycles. The van der Waals surface area contributed by atoms with E-state index in [1.807, 2.05) is 6.07 Å². The predicted molar refractivity (Wildman–Crippen MR) is 87.3 cm³/mol. The Bertz CT molecular complexity index is 783. The number of nitrogens with one attached hydrogen (secondary N) is 3. The predicted octanol–water partition coefficient (Wildman–Crippen LogP) is -1.01. The monoisotopic (exact) mass is 361 g/mol. The second kappa shape index (κ2) is 7.14. The summed E-state index contributed by atoms with van der Waals surface area (Å²) in [5.41, 5.74) is 6.77. The van der Waals surface area contributed by atoms with Crippen molar-refractivity contribution in [2.45, 2.75) is 12.7 Å². The van der Waals surface area contributed by atoms with Crippen molar-refractivity contribution in [2.24, 2.45) is 5.92 Å². The number of nitrogens with zero attached hydrogens (tertiary/aromatic N) is 4. The van der Waals surface area contributed by atoms with Gasteiger partial charge in [0.25, 0.3) is 0 Å². The normalized spacial score (nSPS) is 21.4. The number of ether oxygens (including phenoxy) is 3. The largest absolute Gasteiger partial charge is 0.496 e. The molecular formula is C15H19N7O4. The quantitative estimate of drug-likeness (QED) is 0.614. The van der Waals surface area contributed by atoms with Crippen molar-refractivity contribution < 1.29 is 19.0 Å². The van der Waals surface area contributed by atoms with E-state index in [2.05, 4.69) is 31.7 Å². The van der Waals surface area contributed by atoms with Crippen LogP contribution < -0.4 is 30.4 Å². The molecule has 0 saturated carbocycles. The first-order chi connectivity index (χ1) is 12.8. The molecule has 3 N–H and O–H groups in total. The van der Waals surface area contributed by atoms with Gasteiger partial charge in [-0.1, -0.05) is 0 Å². The van der Waals surface area contributed by atoms with Crippen molar-refractivity contribution in [3.8, 4) is 17.2 Å². The fourth-order valence-corrected chi connectivity index (χ4v) is 3.02. The van der Waals surface area contributed by atoms with Crippen LogP contribution in [0, 0.1) is 5.92 Å². The summed E-state index contributed by atoms with van der Waals surface area (Å²) in [6.07, 6.45) is 1.11. The van der Waals surface area contributed by atoms with Crippen molar-refractivity contribution in [2.75, 3.05) is 26.9 Å². The molecule has 4 rings (SSSR count). The van der Waals surface area contributed by atoms with Gasteiger partial charge in [-0.3, -0.25) is 10.2 Å². The maximum Gasteiger partial charge on any atom is 0.228 e. The average Bonchev–Trinajstić information content (AvgIpc) is 3.36. The summed E-state index contributed by atoms with van der Waals surface area (Å²) >= 11 is 0. The Balaban J connectivity index is 1.46. The van der Waals surface area contributed by atoms with Crippen molar-refractivity contribution in [3.63, 3.8) is 0 Å². The highest BCUT2D eigenvalue weighted by molar-refractivity contribution is 5.79. The Hall–Kier alpha value is -2.92. The van der Waals surface area contributed by atoms with Crippen molar-refractivity contribution >= 4 is 5.91 Å². The Kier molecular flexibility index (Phi) is 4.54. The Morgan fingerprint density at radius 1 is 1.38 bits per heavy atom. The van der Waals surface area contributed by atoms with Gasteiger partial charge in [0.1, 0.15) is 31.5 Å². The van der Waals surface area contributed by atoms with Crippen LogP contribution in [-0.2, 0) is 11.3 Å². The van der Waals surface area contributed by atoms with Gasteiger partial charge in [0, 0.05) is 24.7 Å². The molecule has 26 heavy (non-hydrogen) atoms. The lowest BCUT2D eigenvalue weighted by Crippen LogP contribution is -2.37. The third-order valence-corrected chi connectivity index (χ3v) is 4.34. The number of rotatable bonds is 5. The van der Waals surface area contributed by atoms with Gasteiger partial charge in [-0.05, 0) is 16.5 Å². The third-order valence-electron chi connectivity index (χ3n) is 4.34. The van der Waals surface area contributed by atoms with E-state index in [1.54, 1.807) is 13.2 Å². The summed E-state index contributed by atoms with van der Waals surface area (Å²) in [5.74, 6) is 1.44. The summed E-state index contributed by atoms with van der Waals surface area (Å²) in [5, 5.41) is 14.0. The number of tetrazole rings is 1. The number of aromatic nitrogens is 4. The maximum atomic E-state index is 12.6. The van der Waals surface area contributed by atoms with E-state index in [0.717, 1.165) is 5.56 Å². The zero-order chi connectivity index (χ0) is 17.9. The highest BCUT2D eigenvalue weighted by Gasteiger charge is 2.35. The standard InChI is InChI=1S/C15H19N7O4/c1-24-11-5-13-12(25-2-3-26-13)4-9(11)6-16-15(23)10-7-17-19-14(10)22-8-18-20-21-22/h4-5,8,10,14,17,19H,2-3,6-7H2,1H3,(H,16,23). The first-order valence-electron chi connectivity index (χ1n) is 8.21. The second-order valence-corrected chi connectivity index (χ2v) is 5.89. The fraction of sp³-hybridized carbons (Fsp3) is 0.467. The number of hydrogen-bond acceptors (Lipinski definition) is 9. The van der Waals surface area contributed by atoms with Crippen LogP contribution in [0.2, 0.25) is 0 Å². The summed E-state index contributed by atoms with van der Waals surface area (Å²) < 4.78 is 18.1. The minimum Gasteiger partial charge on any atom is -0.496 e. The van der Waals surface area contributed by atoms with Crippen LogP contribution in [0.3, 0.4) is 0 Å². The molecule has 2 unspecified atom stereocenters. The van der Waals surface area contributed by atoms with Crippen LogP contribution in [0.25, 0.3) is 0 Å². The Morgan fingerprint density at radius 3 is 2.92 bits per heavy atom. The molecular weight excluding hydrogens is 342 g/mol. The molecule has 0 radical (unpaired) electrons. The number of fused-ring (bicyclic) bond motifs is 1. The van der Waals surface area contributed by atoms with E-state index in [4.69, 9.17) is 14.2 Å². The molecule has 3 heterocycles. The van der Waals surface area contributed by atoms with Gasteiger partial charge < -0.3 is 19.5 Å². The molecule has 2 atom stereocenters. The van der Waals surface area contributed by atoms with E-state index in [0.29, 0.717) is 43.6 Å². The minimum absolute atomic E-state index is 0.125. The van der Waals surface area contributed by atoms with Gasteiger partial charge in [-0.25, -0.2) is 10.1 Å². The Morgan fingerprint density at radius 2 is 2.19 bits per heavy atom. The van der Waals surface area contributed by atoms with Crippen LogP contribution >= 0.6 is 0 Å². The van der Waals surface area contributed by atoms with Gasteiger partial charge in [0.15, 0.2) is 11.5 Å². The van der Waals surface area contributed by atoms with Crippen LogP contribution in [0.5, 0.6) is 17.2 Å². The maximum absolute atomic E-state index is 12.6. The van der Waals surface area contributed by atoms with E-state index >= 15 is 0 Å². The summed E-state index contributed by atoms with van der Waals surface area (Å²) in [4.78, 5) is 12.6. The van der Waals surface area contributed by atoms with Gasteiger partial charge in [0.2, 0.25) is 5.91 Å². The van der Waals surface area contributed by atoms with Crippen LogP contribution in [0.15, 0.2) is 18.5 Å². The van der Waals surface area contributed by atoms with Crippen molar-refractivity contribution in [1.29, 1.82) is 0 Å². The first kappa shape index (κ1) is 16.5. The summed E-state index contributed by atoms with van der Waals surface area (Å²) in [7, 11) is 1.58. The smallest absolute Gasteiger partial charge is 0.228 e. The lowest BCUT2D eigenvalue weighted by molar-refractivity contribution is -0.125. The topological polar surface area (TPSA) is 124 Å². The van der Waals surface area contributed by atoms with E-state index in [9.17, 15) is 4.79 Å². The van der Waals surface area contributed by atoms with Gasteiger partial charge >= 0.3 is 0 Å². The first-order valence-corrected chi connectivity index (χ1v) is 8.21. The van der Waals surface area contributed by atoms with E-state index < -0.39 is 0 Å². The molecule has 1 aromatic carbocycles. The zero-order valence-corrected chi connectivity index (χ0v) is 14.1. The number of hydrogen-bond donors (Lipinski definition) is 3. The molecule has 1 saturated heterocycles. The molecule has 1 fully saturated rings. The average molecular weight is 361 g/mol. The van der Waals surface area contributed by atoms with Crippen molar-refractivity contribution in [3.05, 3.63) is 24.0 Å². The van der Waals surface area contributed by atoms with Gasteiger partial charge in [-0.15, -0.1) is 5.10 Å². The SMILES string of the molecule is COc1cc2c(cc1CNC(=O)C1CNNC1n1cnnn1)OCCO2. The lowest BCUT2D eigenvalue weighted by atomic mass is 10.1. The molecule has 2 aliphatic rings. The fourth-order valence-electron chi connectivity index (χ4n) is 3.02. The molecule has 0 bridgehead atoms. The molecule has 2 aromatic rings.